The fourth-order valence-electron chi connectivity index (χ4n) is 5.34. The molecule has 3 fully saturated rings. The van der Waals surface area contributed by atoms with E-state index in [9.17, 15) is 24.0 Å². The third-order valence-corrected chi connectivity index (χ3v) is 8.26. The molecule has 3 aliphatic rings. The maximum atomic E-state index is 13.8. The minimum atomic E-state index is -1.07. The van der Waals surface area contributed by atoms with Crippen LogP contribution in [0.2, 0.25) is 0 Å². The number of methoxy groups -OCH3 is 1. The van der Waals surface area contributed by atoms with Gasteiger partial charge in [-0.2, -0.15) is 0 Å². The van der Waals surface area contributed by atoms with Gasteiger partial charge in [0.1, 0.15) is 23.4 Å². The predicted octanol–water partition coefficient (Wildman–Crippen LogP) is -0.729. The molecule has 3 heterocycles. The summed E-state index contributed by atoms with van der Waals surface area (Å²) < 4.78 is 15.9. The molecule has 0 aromatic heterocycles. The average Bonchev–Trinajstić information content (AvgIpc) is 3.68. The molecule has 3 N–H and O–H groups in total. The largest absolute Gasteiger partial charge is 0.497 e. The van der Waals surface area contributed by atoms with Crippen LogP contribution in [0.5, 0.6) is 5.75 Å². The number of morpholine rings is 1. The van der Waals surface area contributed by atoms with E-state index in [1.807, 2.05) is 4.90 Å². The van der Waals surface area contributed by atoms with E-state index in [1.165, 1.54) is 0 Å². The third kappa shape index (κ3) is 8.74. The molecule has 236 valence electrons. The summed E-state index contributed by atoms with van der Waals surface area (Å²) in [6.07, 6.45) is 0.847. The molecule has 5 atom stereocenters. The van der Waals surface area contributed by atoms with Crippen LogP contribution < -0.4 is 20.7 Å². The number of benzene rings is 1. The number of nitrogens with zero attached hydrogens (tertiary/aromatic N) is 2. The lowest BCUT2D eigenvalue weighted by Crippen LogP contribution is -2.57. The van der Waals surface area contributed by atoms with Crippen LogP contribution in [0.25, 0.3) is 0 Å². The van der Waals surface area contributed by atoms with Crippen molar-refractivity contribution in [2.75, 3.05) is 60.2 Å². The first-order valence-corrected chi connectivity index (χ1v) is 14.8. The molecular formula is C30H43N5O8. The van der Waals surface area contributed by atoms with Gasteiger partial charge in [0.05, 0.1) is 39.5 Å². The van der Waals surface area contributed by atoms with E-state index in [0.29, 0.717) is 45.0 Å². The molecule has 13 heteroatoms. The summed E-state index contributed by atoms with van der Waals surface area (Å²) in [5, 5.41) is 8.29. The first-order chi connectivity index (χ1) is 20.5. The van der Waals surface area contributed by atoms with Crippen LogP contribution in [0.15, 0.2) is 24.3 Å². The fourth-order valence-corrected chi connectivity index (χ4v) is 5.34. The molecule has 4 rings (SSSR count). The van der Waals surface area contributed by atoms with Gasteiger partial charge in [0.25, 0.3) is 0 Å². The van der Waals surface area contributed by atoms with E-state index < -0.39 is 41.5 Å². The summed E-state index contributed by atoms with van der Waals surface area (Å²) in [5.41, 5.74) is -0.266. The van der Waals surface area contributed by atoms with Crippen LogP contribution in [0.3, 0.4) is 0 Å². The summed E-state index contributed by atoms with van der Waals surface area (Å²) >= 11 is 0. The van der Waals surface area contributed by atoms with E-state index in [-0.39, 0.29) is 43.6 Å². The highest BCUT2D eigenvalue weighted by Crippen LogP contribution is 2.31. The van der Waals surface area contributed by atoms with Gasteiger partial charge in [-0.1, -0.05) is 12.1 Å². The van der Waals surface area contributed by atoms with Crippen molar-refractivity contribution >= 4 is 29.4 Å². The number of rotatable bonds is 14. The molecule has 0 radical (unpaired) electrons. The van der Waals surface area contributed by atoms with Crippen molar-refractivity contribution in [2.24, 2.45) is 5.92 Å². The lowest BCUT2D eigenvalue weighted by molar-refractivity contribution is -0.135. The van der Waals surface area contributed by atoms with Gasteiger partial charge in [-0.25, -0.2) is 0 Å². The smallest absolute Gasteiger partial charge is 0.243 e. The molecule has 43 heavy (non-hydrogen) atoms. The standard InChI is InChI=1S/C30H43N5O8/c1-19(31-25(36)17-35-11-13-42-14-12-35)27(38)33-24(15-20-5-7-22(41-4)8-6-20)28(39)32-23(26(37)30(2)18-43-30)16-21-9-10-34(3)29(21)40/h5-8,19,21,23-24H,9-18H2,1-4H3,(H,31,36)(H,32,39)(H,33,38)/t19?,21?,23-,24-,30?/m0/s1. The first kappa shape index (κ1) is 32.4. The zero-order valence-corrected chi connectivity index (χ0v) is 25.4. The Morgan fingerprint density at radius 1 is 1.02 bits per heavy atom. The van der Waals surface area contributed by atoms with Gasteiger partial charge in [0.2, 0.25) is 23.6 Å². The van der Waals surface area contributed by atoms with Gasteiger partial charge >= 0.3 is 0 Å². The van der Waals surface area contributed by atoms with Gasteiger partial charge in [0, 0.05) is 39.0 Å². The van der Waals surface area contributed by atoms with Gasteiger partial charge in [0.15, 0.2) is 5.78 Å². The van der Waals surface area contributed by atoms with E-state index in [0.717, 1.165) is 5.56 Å². The Morgan fingerprint density at radius 3 is 2.26 bits per heavy atom. The monoisotopic (exact) mass is 601 g/mol. The Balaban J connectivity index is 1.46. The number of carbonyl (C=O) groups is 5. The maximum absolute atomic E-state index is 13.8. The van der Waals surface area contributed by atoms with Crippen LogP contribution in [0.4, 0.5) is 0 Å². The second kappa shape index (κ2) is 14.3. The zero-order chi connectivity index (χ0) is 31.1. The summed E-state index contributed by atoms with van der Waals surface area (Å²) in [6.45, 7) is 6.52. The van der Waals surface area contributed by atoms with Crippen LogP contribution in [-0.4, -0.2) is 123 Å². The Labute approximate surface area is 251 Å². The zero-order valence-electron chi connectivity index (χ0n) is 25.4. The van der Waals surface area contributed by atoms with Gasteiger partial charge in [-0.3, -0.25) is 28.9 Å². The molecule has 3 saturated heterocycles. The van der Waals surface area contributed by atoms with Crippen molar-refractivity contribution in [3.63, 3.8) is 0 Å². The van der Waals surface area contributed by atoms with Crippen molar-refractivity contribution in [2.45, 2.75) is 56.8 Å². The fraction of sp³-hybridized carbons (Fsp3) is 0.633. The number of likely N-dealkylation sites (tertiary alicyclic amines) is 1. The number of ketones is 1. The second-order valence-electron chi connectivity index (χ2n) is 11.7. The van der Waals surface area contributed by atoms with E-state index in [2.05, 4.69) is 16.0 Å². The lowest BCUT2D eigenvalue weighted by Gasteiger charge is -2.27. The van der Waals surface area contributed by atoms with Crippen LogP contribution in [-0.2, 0) is 39.9 Å². The minimum Gasteiger partial charge on any atom is -0.497 e. The molecular weight excluding hydrogens is 558 g/mol. The number of hydrogen-bond donors (Lipinski definition) is 3. The van der Waals surface area contributed by atoms with E-state index >= 15 is 0 Å². The molecule has 3 unspecified atom stereocenters. The Morgan fingerprint density at radius 2 is 1.67 bits per heavy atom. The third-order valence-electron chi connectivity index (χ3n) is 8.26. The van der Waals surface area contributed by atoms with Crippen LogP contribution >= 0.6 is 0 Å². The molecule has 1 aromatic rings. The summed E-state index contributed by atoms with van der Waals surface area (Å²) in [5.74, 6) is -1.57. The Bertz CT molecular complexity index is 1180. The molecule has 3 aliphatic heterocycles. The highest BCUT2D eigenvalue weighted by atomic mass is 16.6. The summed E-state index contributed by atoms with van der Waals surface area (Å²) in [7, 11) is 3.26. The van der Waals surface area contributed by atoms with Crippen molar-refractivity contribution in [1.82, 2.24) is 25.8 Å². The second-order valence-corrected chi connectivity index (χ2v) is 11.7. The molecule has 13 nitrogen and oxygen atoms in total. The molecule has 0 saturated carbocycles. The van der Waals surface area contributed by atoms with Crippen LogP contribution in [0.1, 0.15) is 32.3 Å². The maximum Gasteiger partial charge on any atom is 0.243 e. The number of hydrogen-bond acceptors (Lipinski definition) is 9. The first-order valence-electron chi connectivity index (χ1n) is 14.8. The molecule has 4 amide bonds. The van der Waals surface area contributed by atoms with E-state index in [1.54, 1.807) is 57.2 Å². The predicted molar refractivity (Wildman–Crippen MR) is 155 cm³/mol. The molecule has 0 bridgehead atoms. The van der Waals surface area contributed by atoms with Gasteiger partial charge < -0.3 is 35.1 Å². The van der Waals surface area contributed by atoms with Gasteiger partial charge in [-0.15, -0.1) is 0 Å². The van der Waals surface area contributed by atoms with Crippen molar-refractivity contribution in [3.05, 3.63) is 29.8 Å². The topological polar surface area (TPSA) is 159 Å². The number of nitrogens with one attached hydrogen (secondary N) is 3. The number of amides is 4. The number of Topliss-reactive ketones (excluding diaryl/α,β-unsaturated/α-hetero) is 1. The molecule has 0 aliphatic carbocycles. The van der Waals surface area contributed by atoms with Crippen LogP contribution in [0, 0.1) is 5.92 Å². The highest BCUT2D eigenvalue weighted by molar-refractivity contribution is 5.99. The number of ether oxygens (including phenoxy) is 3. The van der Waals surface area contributed by atoms with Crippen molar-refractivity contribution < 1.29 is 38.2 Å². The summed E-state index contributed by atoms with van der Waals surface area (Å²) in [4.78, 5) is 69.1. The van der Waals surface area contributed by atoms with Crippen molar-refractivity contribution in [1.29, 1.82) is 0 Å². The SMILES string of the molecule is COc1ccc(C[C@H](NC(=O)C(C)NC(=O)CN2CCOCC2)C(=O)N[C@@H](CC2CCN(C)C2=O)C(=O)C2(C)CO2)cc1. The van der Waals surface area contributed by atoms with Gasteiger partial charge in [-0.05, 0) is 44.4 Å². The normalized spacial score (nSPS) is 24.0. The quantitative estimate of drug-likeness (QED) is 0.234. The summed E-state index contributed by atoms with van der Waals surface area (Å²) in [6, 6.07) is 4.12. The Hall–Kier alpha value is -3.55. The minimum absolute atomic E-state index is 0.0707. The average molecular weight is 602 g/mol. The number of carbonyl (C=O) groups excluding carboxylic acids is 5. The molecule has 0 spiro atoms. The Kier molecular flexibility index (Phi) is 10.7. The lowest BCUT2D eigenvalue weighted by atomic mass is 9.90. The number of epoxide rings is 1. The van der Waals surface area contributed by atoms with E-state index in [4.69, 9.17) is 14.2 Å². The molecule has 1 aromatic carbocycles. The van der Waals surface area contributed by atoms with Crippen molar-refractivity contribution in [3.8, 4) is 5.75 Å². The highest BCUT2D eigenvalue weighted by Gasteiger charge is 2.51.